The van der Waals surface area contributed by atoms with Crippen LogP contribution in [0.3, 0.4) is 0 Å². The fourth-order valence-corrected chi connectivity index (χ4v) is 2.33. The molecule has 2 rings (SSSR count). The van der Waals surface area contributed by atoms with Gasteiger partial charge in [-0.25, -0.2) is 0 Å². The summed E-state index contributed by atoms with van der Waals surface area (Å²) in [5.74, 6) is 0.600. The maximum atomic E-state index is 9.65. The smallest absolute Gasteiger partial charge is 0.161 e. The largest absolute Gasteiger partial charge is 0.504 e. The predicted molar refractivity (Wildman–Crippen MR) is 83.1 cm³/mol. The molecule has 0 radical (unpaired) electrons. The molecule has 0 aliphatic heterocycles. The summed E-state index contributed by atoms with van der Waals surface area (Å²) in [5.41, 5.74) is 1.66. The minimum absolute atomic E-state index is 0.131. The highest BCUT2D eigenvalue weighted by Gasteiger charge is 2.07. The van der Waals surface area contributed by atoms with E-state index in [4.69, 9.17) is 27.9 Å². The summed E-state index contributed by atoms with van der Waals surface area (Å²) in [5, 5.41) is 14.0. The van der Waals surface area contributed by atoms with E-state index in [0.29, 0.717) is 34.6 Å². The van der Waals surface area contributed by atoms with Crippen molar-refractivity contribution in [3.05, 3.63) is 52.0 Å². The molecule has 0 fully saturated rings. The minimum Gasteiger partial charge on any atom is -0.504 e. The highest BCUT2D eigenvalue weighted by Crippen LogP contribution is 2.31. The number of para-hydroxylation sites is 1. The fraction of sp³-hybridized carbons (Fsp3) is 0.200. The second-order valence-corrected chi connectivity index (χ2v) is 5.00. The molecule has 0 saturated carbocycles. The molecule has 0 aliphatic carbocycles. The van der Waals surface area contributed by atoms with Crippen molar-refractivity contribution in [2.45, 2.75) is 13.5 Å². The number of aromatic hydroxyl groups is 1. The third kappa shape index (κ3) is 3.50. The van der Waals surface area contributed by atoms with Gasteiger partial charge in [0.25, 0.3) is 0 Å². The quantitative estimate of drug-likeness (QED) is 0.840. The zero-order chi connectivity index (χ0) is 14.5. The minimum atomic E-state index is 0.131. The zero-order valence-corrected chi connectivity index (χ0v) is 12.5. The van der Waals surface area contributed by atoms with Gasteiger partial charge < -0.3 is 15.2 Å². The van der Waals surface area contributed by atoms with Crippen molar-refractivity contribution < 1.29 is 9.84 Å². The zero-order valence-electron chi connectivity index (χ0n) is 11.0. The lowest BCUT2D eigenvalue weighted by atomic mass is 10.2. The van der Waals surface area contributed by atoms with E-state index >= 15 is 0 Å². The van der Waals surface area contributed by atoms with Crippen LogP contribution in [0, 0.1) is 0 Å². The average Bonchev–Trinajstić information content (AvgIpc) is 2.42. The Balaban J connectivity index is 2.13. The van der Waals surface area contributed by atoms with Crippen LogP contribution in [0.2, 0.25) is 10.0 Å². The number of halogens is 2. The number of phenolic OH excluding ortho intramolecular Hbond substituents is 1. The highest BCUT2D eigenvalue weighted by atomic mass is 35.5. The van der Waals surface area contributed by atoms with E-state index in [0.717, 1.165) is 5.56 Å². The normalized spacial score (nSPS) is 10.3. The molecule has 0 amide bonds. The number of ether oxygens (including phenoxy) is 1. The molecule has 0 atom stereocenters. The Morgan fingerprint density at radius 3 is 2.50 bits per heavy atom. The first-order valence-corrected chi connectivity index (χ1v) is 7.00. The van der Waals surface area contributed by atoms with Crippen LogP contribution in [-0.4, -0.2) is 11.7 Å². The van der Waals surface area contributed by atoms with Crippen molar-refractivity contribution in [1.82, 2.24) is 0 Å². The molecule has 20 heavy (non-hydrogen) atoms. The van der Waals surface area contributed by atoms with Crippen molar-refractivity contribution in [2.75, 3.05) is 11.9 Å². The van der Waals surface area contributed by atoms with E-state index < -0.39 is 0 Å². The maximum Gasteiger partial charge on any atom is 0.161 e. The molecule has 3 nitrogen and oxygen atoms in total. The molecule has 2 aromatic rings. The van der Waals surface area contributed by atoms with Crippen molar-refractivity contribution in [1.29, 1.82) is 0 Å². The average molecular weight is 312 g/mol. The first-order chi connectivity index (χ1) is 9.61. The van der Waals surface area contributed by atoms with Crippen LogP contribution in [0.4, 0.5) is 5.69 Å². The van der Waals surface area contributed by atoms with Crippen molar-refractivity contribution >= 4 is 28.9 Å². The molecule has 0 aromatic heterocycles. The first-order valence-electron chi connectivity index (χ1n) is 6.24. The summed E-state index contributed by atoms with van der Waals surface area (Å²) >= 11 is 12.2. The van der Waals surface area contributed by atoms with Gasteiger partial charge in [0.1, 0.15) is 0 Å². The molecule has 0 spiro atoms. The Hall–Kier alpha value is -1.58. The molecule has 5 heteroatoms. The third-order valence-electron chi connectivity index (χ3n) is 2.76. The molecule has 106 valence electrons. The van der Waals surface area contributed by atoms with E-state index in [1.165, 1.54) is 0 Å². The Labute approximate surface area is 128 Å². The number of anilines is 1. The molecular weight excluding hydrogens is 297 g/mol. The number of benzene rings is 2. The van der Waals surface area contributed by atoms with Gasteiger partial charge in [0.15, 0.2) is 11.5 Å². The highest BCUT2D eigenvalue weighted by molar-refractivity contribution is 6.39. The first kappa shape index (κ1) is 14.8. The Morgan fingerprint density at radius 2 is 1.85 bits per heavy atom. The SMILES string of the molecule is CCOc1cc(CNc2c(Cl)cccc2Cl)ccc1O. The van der Waals surface area contributed by atoms with Gasteiger partial charge in [0.2, 0.25) is 0 Å². The molecule has 0 saturated heterocycles. The van der Waals surface area contributed by atoms with Crippen LogP contribution < -0.4 is 10.1 Å². The topological polar surface area (TPSA) is 41.5 Å². The predicted octanol–water partition coefficient (Wildman–Crippen LogP) is 4.71. The third-order valence-corrected chi connectivity index (χ3v) is 3.39. The van der Waals surface area contributed by atoms with Crippen LogP contribution >= 0.6 is 23.2 Å². The van der Waals surface area contributed by atoms with E-state index in [-0.39, 0.29) is 5.75 Å². The van der Waals surface area contributed by atoms with E-state index in [1.54, 1.807) is 30.3 Å². The van der Waals surface area contributed by atoms with Gasteiger partial charge in [-0.3, -0.25) is 0 Å². The van der Waals surface area contributed by atoms with Gasteiger partial charge in [-0.15, -0.1) is 0 Å². The van der Waals surface area contributed by atoms with Gasteiger partial charge in [0, 0.05) is 6.54 Å². The lowest BCUT2D eigenvalue weighted by Gasteiger charge is -2.12. The van der Waals surface area contributed by atoms with E-state index in [9.17, 15) is 5.11 Å². The van der Waals surface area contributed by atoms with Crippen LogP contribution in [0.5, 0.6) is 11.5 Å². The van der Waals surface area contributed by atoms with Gasteiger partial charge in [-0.1, -0.05) is 35.3 Å². The molecule has 0 aliphatic rings. The van der Waals surface area contributed by atoms with Crippen LogP contribution in [0.1, 0.15) is 12.5 Å². The van der Waals surface area contributed by atoms with Crippen LogP contribution in [-0.2, 0) is 6.54 Å². The Morgan fingerprint density at radius 1 is 1.15 bits per heavy atom. The Bertz CT molecular complexity index is 582. The lowest BCUT2D eigenvalue weighted by Crippen LogP contribution is -2.01. The van der Waals surface area contributed by atoms with E-state index in [1.807, 2.05) is 13.0 Å². The Kier molecular flexibility index (Phi) is 4.99. The molecule has 2 aromatic carbocycles. The summed E-state index contributed by atoms with van der Waals surface area (Å²) in [6, 6.07) is 10.6. The number of hydrogen-bond donors (Lipinski definition) is 2. The van der Waals surface area contributed by atoms with Gasteiger partial charge >= 0.3 is 0 Å². The summed E-state index contributed by atoms with van der Waals surface area (Å²) in [7, 11) is 0. The van der Waals surface area contributed by atoms with Crippen LogP contribution in [0.25, 0.3) is 0 Å². The van der Waals surface area contributed by atoms with Gasteiger partial charge in [-0.05, 0) is 36.8 Å². The molecule has 2 N–H and O–H groups in total. The van der Waals surface area contributed by atoms with E-state index in [2.05, 4.69) is 5.32 Å². The summed E-state index contributed by atoms with van der Waals surface area (Å²) in [6.45, 7) is 2.90. The second kappa shape index (κ2) is 6.73. The fourth-order valence-electron chi connectivity index (χ4n) is 1.80. The molecule has 0 unspecified atom stereocenters. The molecular formula is C15H15Cl2NO2. The van der Waals surface area contributed by atoms with Gasteiger partial charge in [-0.2, -0.15) is 0 Å². The standard InChI is InChI=1S/C15H15Cl2NO2/c1-2-20-14-8-10(6-7-13(14)19)9-18-15-11(16)4-3-5-12(15)17/h3-8,18-19H,2,9H2,1H3. The monoisotopic (exact) mass is 311 g/mol. The lowest BCUT2D eigenvalue weighted by molar-refractivity contribution is 0.318. The van der Waals surface area contributed by atoms with Gasteiger partial charge in [0.05, 0.1) is 22.3 Å². The summed E-state index contributed by atoms with van der Waals surface area (Å²) < 4.78 is 5.35. The van der Waals surface area contributed by atoms with Crippen LogP contribution in [0.15, 0.2) is 36.4 Å². The van der Waals surface area contributed by atoms with Crippen molar-refractivity contribution in [3.63, 3.8) is 0 Å². The second-order valence-electron chi connectivity index (χ2n) is 4.19. The summed E-state index contributed by atoms with van der Waals surface area (Å²) in [6.07, 6.45) is 0. The number of hydrogen-bond acceptors (Lipinski definition) is 3. The maximum absolute atomic E-state index is 9.65. The molecule has 0 bridgehead atoms. The summed E-state index contributed by atoms with van der Waals surface area (Å²) in [4.78, 5) is 0. The number of phenols is 1. The number of nitrogens with one attached hydrogen (secondary N) is 1. The van der Waals surface area contributed by atoms with Crippen molar-refractivity contribution in [3.8, 4) is 11.5 Å². The molecule has 0 heterocycles. The van der Waals surface area contributed by atoms with Crippen molar-refractivity contribution in [2.24, 2.45) is 0 Å². The number of rotatable bonds is 5.